The van der Waals surface area contributed by atoms with Gasteiger partial charge >= 0.3 is 6.16 Å². The number of carbonyl (C=O) groups is 1. The molecule has 2 fully saturated rings. The molecule has 3 aliphatic heterocycles. The summed E-state index contributed by atoms with van der Waals surface area (Å²) in [5.74, 6) is 1.44. The minimum Gasteiger partial charge on any atom is -0.454 e. The molecular formula is C15H16ClNO5. The molecule has 1 spiro atoms. The number of ether oxygens (including phenoxy) is 4. The van der Waals surface area contributed by atoms with Crippen LogP contribution in [0.5, 0.6) is 11.5 Å². The summed E-state index contributed by atoms with van der Waals surface area (Å²) in [6.45, 7) is 3.01. The first-order chi connectivity index (χ1) is 10.6. The number of carbonyl (C=O) groups excluding carboxylic acids is 1. The Balaban J connectivity index is 1.42. The van der Waals surface area contributed by atoms with Gasteiger partial charge in [-0.3, -0.25) is 4.90 Å². The molecule has 0 amide bonds. The first kappa shape index (κ1) is 14.0. The number of piperidine rings is 1. The SMILES string of the molecule is O=C1OCC2(CCN(Cc3cc4c(cc3Cl)OCO4)CC2)O1. The van der Waals surface area contributed by atoms with Crippen LogP contribution in [0.3, 0.4) is 0 Å². The van der Waals surface area contributed by atoms with E-state index in [1.807, 2.05) is 6.07 Å². The Bertz CT molecular complexity index is 612. The molecule has 0 aromatic heterocycles. The summed E-state index contributed by atoms with van der Waals surface area (Å²) >= 11 is 6.32. The average molecular weight is 326 g/mol. The van der Waals surface area contributed by atoms with Gasteiger partial charge in [-0.25, -0.2) is 4.79 Å². The smallest absolute Gasteiger partial charge is 0.454 e. The highest BCUT2D eigenvalue weighted by molar-refractivity contribution is 6.31. The molecule has 118 valence electrons. The molecule has 0 radical (unpaired) electrons. The van der Waals surface area contributed by atoms with E-state index in [0.717, 1.165) is 43.8 Å². The third-order valence-corrected chi connectivity index (χ3v) is 4.81. The van der Waals surface area contributed by atoms with Crippen molar-refractivity contribution in [1.29, 1.82) is 0 Å². The van der Waals surface area contributed by atoms with Crippen LogP contribution >= 0.6 is 11.6 Å². The van der Waals surface area contributed by atoms with E-state index in [9.17, 15) is 4.79 Å². The number of rotatable bonds is 2. The maximum atomic E-state index is 11.1. The van der Waals surface area contributed by atoms with Crippen LogP contribution in [-0.4, -0.2) is 43.1 Å². The fourth-order valence-electron chi connectivity index (χ4n) is 3.11. The van der Waals surface area contributed by atoms with Gasteiger partial charge in [0, 0.05) is 43.6 Å². The Morgan fingerprint density at radius 1 is 1.14 bits per heavy atom. The van der Waals surface area contributed by atoms with Gasteiger partial charge < -0.3 is 18.9 Å². The number of hydrogen-bond acceptors (Lipinski definition) is 6. The first-order valence-electron chi connectivity index (χ1n) is 7.30. The second-order valence-electron chi connectivity index (χ2n) is 5.90. The van der Waals surface area contributed by atoms with Crippen LogP contribution in [0.1, 0.15) is 18.4 Å². The standard InChI is InChI=1S/C15H16ClNO5/c16-11-6-13-12(20-9-21-13)5-10(11)7-17-3-1-15(2-4-17)8-19-14(18)22-15/h5-6H,1-4,7-9H2. The van der Waals surface area contributed by atoms with Crippen LogP contribution in [0.2, 0.25) is 5.02 Å². The second-order valence-corrected chi connectivity index (χ2v) is 6.30. The molecule has 2 saturated heterocycles. The van der Waals surface area contributed by atoms with Crippen molar-refractivity contribution < 1.29 is 23.7 Å². The molecule has 1 aromatic rings. The molecular weight excluding hydrogens is 310 g/mol. The summed E-state index contributed by atoms with van der Waals surface area (Å²) in [4.78, 5) is 13.4. The molecule has 0 saturated carbocycles. The molecule has 0 unspecified atom stereocenters. The monoisotopic (exact) mass is 325 g/mol. The largest absolute Gasteiger partial charge is 0.509 e. The van der Waals surface area contributed by atoms with Crippen molar-refractivity contribution in [2.75, 3.05) is 26.5 Å². The Labute approximate surface area is 132 Å². The van der Waals surface area contributed by atoms with Crippen LogP contribution in [-0.2, 0) is 16.0 Å². The fourth-order valence-corrected chi connectivity index (χ4v) is 3.33. The quantitative estimate of drug-likeness (QED) is 0.779. The Morgan fingerprint density at radius 2 is 1.86 bits per heavy atom. The van der Waals surface area contributed by atoms with Crippen molar-refractivity contribution in [2.45, 2.75) is 25.0 Å². The second kappa shape index (κ2) is 5.21. The minimum absolute atomic E-state index is 0.243. The van der Waals surface area contributed by atoms with Crippen LogP contribution in [0.15, 0.2) is 12.1 Å². The van der Waals surface area contributed by atoms with Gasteiger partial charge in [0.1, 0.15) is 6.61 Å². The molecule has 0 N–H and O–H groups in total. The molecule has 0 atom stereocenters. The van der Waals surface area contributed by atoms with E-state index in [1.165, 1.54) is 0 Å². The van der Waals surface area contributed by atoms with E-state index in [4.69, 9.17) is 30.5 Å². The van der Waals surface area contributed by atoms with Gasteiger partial charge in [0.15, 0.2) is 17.1 Å². The number of benzene rings is 1. The predicted octanol–water partition coefficient (Wildman–Crippen LogP) is 2.57. The fraction of sp³-hybridized carbons (Fsp3) is 0.533. The van der Waals surface area contributed by atoms with Gasteiger partial charge in [-0.2, -0.15) is 0 Å². The lowest BCUT2D eigenvalue weighted by Crippen LogP contribution is -2.45. The maximum Gasteiger partial charge on any atom is 0.509 e. The van der Waals surface area contributed by atoms with Crippen molar-refractivity contribution in [3.05, 3.63) is 22.7 Å². The van der Waals surface area contributed by atoms with Gasteiger partial charge in [-0.15, -0.1) is 0 Å². The van der Waals surface area contributed by atoms with E-state index in [1.54, 1.807) is 6.07 Å². The average Bonchev–Trinajstić information content (AvgIpc) is 3.09. The number of hydrogen-bond donors (Lipinski definition) is 0. The molecule has 6 nitrogen and oxygen atoms in total. The molecule has 7 heteroatoms. The summed E-state index contributed by atoms with van der Waals surface area (Å²) < 4.78 is 21.0. The number of cyclic esters (lactones) is 1. The van der Waals surface area contributed by atoms with E-state index < -0.39 is 11.8 Å². The van der Waals surface area contributed by atoms with Gasteiger partial charge in [0.25, 0.3) is 0 Å². The van der Waals surface area contributed by atoms with Crippen molar-refractivity contribution >= 4 is 17.8 Å². The Morgan fingerprint density at radius 3 is 2.55 bits per heavy atom. The molecule has 22 heavy (non-hydrogen) atoms. The van der Waals surface area contributed by atoms with Crippen molar-refractivity contribution in [3.8, 4) is 11.5 Å². The summed E-state index contributed by atoms with van der Waals surface area (Å²) in [6, 6.07) is 3.74. The number of nitrogens with zero attached hydrogens (tertiary/aromatic N) is 1. The Kier molecular flexibility index (Phi) is 3.31. The molecule has 1 aromatic carbocycles. The van der Waals surface area contributed by atoms with E-state index >= 15 is 0 Å². The number of likely N-dealkylation sites (tertiary alicyclic amines) is 1. The van der Waals surface area contributed by atoms with Crippen molar-refractivity contribution in [3.63, 3.8) is 0 Å². The number of fused-ring (bicyclic) bond motifs is 1. The Hall–Kier alpha value is -1.66. The van der Waals surface area contributed by atoms with E-state index in [-0.39, 0.29) is 6.79 Å². The van der Waals surface area contributed by atoms with E-state index in [0.29, 0.717) is 17.4 Å². The molecule has 3 heterocycles. The van der Waals surface area contributed by atoms with Crippen molar-refractivity contribution in [1.82, 2.24) is 4.90 Å². The van der Waals surface area contributed by atoms with Gasteiger partial charge in [0.2, 0.25) is 6.79 Å². The maximum absolute atomic E-state index is 11.1. The van der Waals surface area contributed by atoms with Crippen molar-refractivity contribution in [2.24, 2.45) is 0 Å². The van der Waals surface area contributed by atoms with Crippen LogP contribution in [0.4, 0.5) is 4.79 Å². The normalized spacial score (nSPS) is 22.7. The molecule has 3 aliphatic rings. The molecule has 0 bridgehead atoms. The third-order valence-electron chi connectivity index (χ3n) is 4.46. The first-order valence-corrected chi connectivity index (χ1v) is 7.68. The van der Waals surface area contributed by atoms with E-state index in [2.05, 4.69) is 4.90 Å². The van der Waals surface area contributed by atoms with Gasteiger partial charge in [-0.05, 0) is 11.6 Å². The highest BCUT2D eigenvalue weighted by Gasteiger charge is 2.44. The van der Waals surface area contributed by atoms with Crippen LogP contribution < -0.4 is 9.47 Å². The summed E-state index contributed by atoms with van der Waals surface area (Å²) in [5, 5.41) is 0.681. The minimum atomic E-state index is -0.549. The lowest BCUT2D eigenvalue weighted by molar-refractivity contribution is -0.00163. The number of halogens is 1. The topological polar surface area (TPSA) is 57.2 Å². The zero-order chi connectivity index (χ0) is 15.2. The third kappa shape index (κ3) is 2.46. The van der Waals surface area contributed by atoms with Crippen LogP contribution in [0, 0.1) is 0 Å². The summed E-state index contributed by atoms with van der Waals surface area (Å²) in [5.41, 5.74) is 0.591. The van der Waals surface area contributed by atoms with Gasteiger partial charge in [0.05, 0.1) is 0 Å². The summed E-state index contributed by atoms with van der Waals surface area (Å²) in [6.07, 6.45) is 1.01. The highest BCUT2D eigenvalue weighted by atomic mass is 35.5. The predicted molar refractivity (Wildman–Crippen MR) is 77.3 cm³/mol. The zero-order valence-electron chi connectivity index (χ0n) is 12.0. The molecule has 0 aliphatic carbocycles. The lowest BCUT2D eigenvalue weighted by Gasteiger charge is -2.36. The zero-order valence-corrected chi connectivity index (χ0v) is 12.7. The van der Waals surface area contributed by atoms with Gasteiger partial charge in [-0.1, -0.05) is 11.6 Å². The summed E-state index contributed by atoms with van der Waals surface area (Å²) in [7, 11) is 0. The molecule has 4 rings (SSSR count). The van der Waals surface area contributed by atoms with Crippen LogP contribution in [0.25, 0.3) is 0 Å². The lowest BCUT2D eigenvalue weighted by atomic mass is 9.92. The highest BCUT2D eigenvalue weighted by Crippen LogP contribution is 2.38.